The van der Waals surface area contributed by atoms with Gasteiger partial charge in [-0.3, -0.25) is 0 Å². The Morgan fingerprint density at radius 3 is 1.68 bits per heavy atom. The summed E-state index contributed by atoms with van der Waals surface area (Å²) in [5.74, 6) is -1.00. The van der Waals surface area contributed by atoms with Gasteiger partial charge in [-0.25, -0.2) is 4.79 Å². The van der Waals surface area contributed by atoms with E-state index in [0.29, 0.717) is 0 Å². The lowest BCUT2D eigenvalue weighted by atomic mass is 10.7. The quantitative estimate of drug-likeness (QED) is 0.410. The molecule has 0 fully saturated rings. The second-order valence-corrected chi connectivity index (χ2v) is 4.07. The van der Waals surface area contributed by atoms with E-state index in [9.17, 15) is 31.1 Å². The first-order valence-corrected chi connectivity index (χ1v) is 5.52. The van der Waals surface area contributed by atoms with E-state index in [1.54, 1.807) is 0 Å². The van der Waals surface area contributed by atoms with E-state index >= 15 is 0 Å². The summed E-state index contributed by atoms with van der Waals surface area (Å²) in [7, 11) is -2.01. The second kappa shape index (κ2) is 7.83. The van der Waals surface area contributed by atoms with Crippen LogP contribution in [0.15, 0.2) is 0 Å². The number of carbonyl (C=O) groups is 1. The number of rotatable bonds is 7. The monoisotopic (exact) mass is 318 g/mol. The number of hydrogen-bond donors (Lipinski definition) is 0. The first-order chi connectivity index (χ1) is 8.53. The van der Waals surface area contributed by atoms with Crippen LogP contribution in [-0.4, -0.2) is 45.3 Å². The molecule has 19 heavy (non-hydrogen) atoms. The lowest BCUT2D eigenvalue weighted by Gasteiger charge is -2.17. The van der Waals surface area contributed by atoms with Crippen molar-refractivity contribution in [3.05, 3.63) is 0 Å². The molecule has 12 heteroatoms. The lowest BCUT2D eigenvalue weighted by Crippen LogP contribution is -2.20. The molecule has 0 aliphatic carbocycles. The molecule has 0 saturated carbocycles. The molecule has 0 N–H and O–H groups in total. The van der Waals surface area contributed by atoms with Crippen molar-refractivity contribution in [2.24, 2.45) is 0 Å². The maximum absolute atomic E-state index is 11.8. The van der Waals surface area contributed by atoms with Crippen molar-refractivity contribution in [2.45, 2.75) is 12.4 Å². The molecule has 0 aromatic heterocycles. The van der Waals surface area contributed by atoms with E-state index in [1.807, 2.05) is 0 Å². The van der Waals surface area contributed by atoms with Gasteiger partial charge in [0.1, 0.15) is 0 Å². The van der Waals surface area contributed by atoms with Crippen molar-refractivity contribution in [3.8, 4) is 0 Å². The number of halogens is 6. The van der Waals surface area contributed by atoms with Gasteiger partial charge in [0.2, 0.25) is 0 Å². The summed E-state index contributed by atoms with van der Waals surface area (Å²) in [5.41, 5.74) is 0. The third-order valence-electron chi connectivity index (χ3n) is 1.18. The zero-order valence-corrected chi connectivity index (χ0v) is 10.3. The van der Waals surface area contributed by atoms with Gasteiger partial charge in [-0.1, -0.05) is 0 Å². The Bertz CT molecular complexity index is 262. The fourth-order valence-corrected chi connectivity index (χ4v) is 1.47. The van der Waals surface area contributed by atoms with Gasteiger partial charge in [-0.15, -0.1) is 0 Å². The topological polar surface area (TPSA) is 54.0 Å². The predicted molar refractivity (Wildman–Crippen MR) is 48.9 cm³/mol. The molecule has 0 unspecified atom stereocenters. The zero-order chi connectivity index (χ0) is 15.1. The van der Waals surface area contributed by atoms with Gasteiger partial charge in [-0.05, 0) is 0 Å². The Labute approximate surface area is 104 Å². The van der Waals surface area contributed by atoms with Gasteiger partial charge in [0, 0.05) is 0 Å². The molecular weight excluding hydrogens is 309 g/mol. The molecule has 0 aromatic carbocycles. The molecule has 0 spiro atoms. The zero-order valence-electron chi connectivity index (χ0n) is 9.38. The van der Waals surface area contributed by atoms with Crippen LogP contribution >= 0.6 is 8.60 Å². The summed E-state index contributed by atoms with van der Waals surface area (Å²) in [4.78, 5) is 10.6. The first kappa shape index (κ1) is 18.4. The summed E-state index contributed by atoms with van der Waals surface area (Å²) in [6.07, 6.45) is -9.53. The molecule has 0 aromatic rings. The standard InChI is InChI=1S/C7H9F6O5P/c1-15-5(14)2-16-19(17-3-6(8,9)10)18-4-7(11,12)13/h2-4H2,1H3. The maximum atomic E-state index is 11.8. The SMILES string of the molecule is COC(=O)COP(OCC(F)(F)F)OCC(F)(F)F. The van der Waals surface area contributed by atoms with Crippen LogP contribution in [0.2, 0.25) is 0 Å². The van der Waals surface area contributed by atoms with Gasteiger partial charge in [-0.2, -0.15) is 26.3 Å². The summed E-state index contributed by atoms with van der Waals surface area (Å²) >= 11 is 0. The van der Waals surface area contributed by atoms with E-state index in [1.165, 1.54) is 0 Å². The smallest absolute Gasteiger partial charge is 0.412 e. The van der Waals surface area contributed by atoms with Gasteiger partial charge < -0.3 is 18.3 Å². The molecule has 0 amide bonds. The average Bonchev–Trinajstić information content (AvgIpc) is 2.24. The molecule has 5 nitrogen and oxygen atoms in total. The van der Waals surface area contributed by atoms with Crippen LogP contribution < -0.4 is 0 Å². The molecule has 0 bridgehead atoms. The van der Waals surface area contributed by atoms with E-state index in [2.05, 4.69) is 18.3 Å². The third kappa shape index (κ3) is 12.2. The Hall–Kier alpha value is -0.640. The Balaban J connectivity index is 4.26. The van der Waals surface area contributed by atoms with Crippen molar-refractivity contribution < 1.29 is 49.4 Å². The maximum Gasteiger partial charge on any atom is 0.412 e. The van der Waals surface area contributed by atoms with E-state index in [4.69, 9.17) is 0 Å². The molecule has 0 radical (unpaired) electrons. The van der Waals surface area contributed by atoms with Crippen LogP contribution in [-0.2, 0) is 23.1 Å². The Kier molecular flexibility index (Phi) is 7.57. The van der Waals surface area contributed by atoms with Crippen LogP contribution in [0.5, 0.6) is 0 Å². The molecule has 0 aliphatic rings. The molecule has 0 atom stereocenters. The van der Waals surface area contributed by atoms with Crippen molar-refractivity contribution in [3.63, 3.8) is 0 Å². The van der Waals surface area contributed by atoms with E-state index < -0.39 is 46.7 Å². The minimum Gasteiger partial charge on any atom is -0.467 e. The largest absolute Gasteiger partial charge is 0.467 e. The highest BCUT2D eigenvalue weighted by molar-refractivity contribution is 7.41. The lowest BCUT2D eigenvalue weighted by molar-refractivity contribution is -0.166. The average molecular weight is 318 g/mol. The third-order valence-corrected chi connectivity index (χ3v) is 2.20. The minimum absolute atomic E-state index is 0.891. The Morgan fingerprint density at radius 2 is 1.37 bits per heavy atom. The fraction of sp³-hybridized carbons (Fsp3) is 0.857. The number of carbonyl (C=O) groups excluding carboxylic acids is 1. The van der Waals surface area contributed by atoms with Crippen LogP contribution in [0.4, 0.5) is 26.3 Å². The molecule has 0 rings (SSSR count). The van der Waals surface area contributed by atoms with Gasteiger partial charge >= 0.3 is 26.9 Å². The molecule has 0 saturated heterocycles. The van der Waals surface area contributed by atoms with Crippen molar-refractivity contribution >= 4 is 14.6 Å². The van der Waals surface area contributed by atoms with Crippen molar-refractivity contribution in [1.29, 1.82) is 0 Å². The summed E-state index contributed by atoms with van der Waals surface area (Å²) in [6.45, 7) is -4.62. The van der Waals surface area contributed by atoms with Crippen molar-refractivity contribution in [2.75, 3.05) is 26.9 Å². The van der Waals surface area contributed by atoms with Crippen LogP contribution in [0.1, 0.15) is 0 Å². The van der Waals surface area contributed by atoms with Crippen LogP contribution in [0.3, 0.4) is 0 Å². The highest BCUT2D eigenvalue weighted by atomic mass is 31.2. The minimum atomic E-state index is -4.77. The van der Waals surface area contributed by atoms with E-state index in [-0.39, 0.29) is 0 Å². The van der Waals surface area contributed by atoms with E-state index in [0.717, 1.165) is 7.11 Å². The molecular formula is C7H9F6O5P. The molecule has 114 valence electrons. The second-order valence-electron chi connectivity index (χ2n) is 2.85. The number of methoxy groups -OCH3 is 1. The number of esters is 1. The van der Waals surface area contributed by atoms with Crippen LogP contribution in [0.25, 0.3) is 0 Å². The summed E-state index contributed by atoms with van der Waals surface area (Å²) in [5, 5.41) is 0. The Morgan fingerprint density at radius 1 is 0.947 bits per heavy atom. The summed E-state index contributed by atoms with van der Waals surface area (Å²) < 4.78 is 87.3. The van der Waals surface area contributed by atoms with Crippen molar-refractivity contribution in [1.82, 2.24) is 0 Å². The van der Waals surface area contributed by atoms with Crippen LogP contribution in [0, 0.1) is 0 Å². The molecule has 0 aliphatic heterocycles. The molecule has 0 heterocycles. The van der Waals surface area contributed by atoms with Gasteiger partial charge in [0.05, 0.1) is 7.11 Å². The number of hydrogen-bond acceptors (Lipinski definition) is 5. The summed E-state index contributed by atoms with van der Waals surface area (Å²) in [6, 6.07) is 0. The van der Waals surface area contributed by atoms with Gasteiger partial charge in [0.25, 0.3) is 0 Å². The normalized spacial score (nSPS) is 12.8. The predicted octanol–water partition coefficient (Wildman–Crippen LogP) is 2.56. The first-order valence-electron chi connectivity index (χ1n) is 4.42. The highest BCUT2D eigenvalue weighted by Gasteiger charge is 2.34. The number of ether oxygens (including phenoxy) is 1. The number of alkyl halides is 6. The van der Waals surface area contributed by atoms with Gasteiger partial charge in [0.15, 0.2) is 19.8 Å². The fourth-order valence-electron chi connectivity index (χ4n) is 0.528. The highest BCUT2D eigenvalue weighted by Crippen LogP contribution is 2.42.